The highest BCUT2D eigenvalue weighted by Crippen LogP contribution is 2.27. The number of nitro benzene ring substituents is 1. The van der Waals surface area contributed by atoms with Crippen molar-refractivity contribution in [1.29, 1.82) is 0 Å². The van der Waals surface area contributed by atoms with E-state index >= 15 is 0 Å². The molecule has 130 valence electrons. The van der Waals surface area contributed by atoms with Crippen LogP contribution in [0.5, 0.6) is 5.75 Å². The number of phenols is 1. The van der Waals surface area contributed by atoms with Crippen molar-refractivity contribution in [3.63, 3.8) is 0 Å². The number of rotatable bonds is 3. The van der Waals surface area contributed by atoms with Crippen LogP contribution in [0.3, 0.4) is 0 Å². The predicted octanol–water partition coefficient (Wildman–Crippen LogP) is 2.10. The Balaban J connectivity index is 1.83. The lowest BCUT2D eigenvalue weighted by Crippen LogP contribution is -2.42. The largest absolute Gasteiger partial charge is 0.508 e. The summed E-state index contributed by atoms with van der Waals surface area (Å²) in [4.78, 5) is 24.7. The molecule has 0 aliphatic carbocycles. The second kappa shape index (κ2) is 6.78. The third kappa shape index (κ3) is 3.53. The van der Waals surface area contributed by atoms with E-state index in [2.05, 4.69) is 0 Å². The Labute approximate surface area is 143 Å². The molecule has 1 saturated heterocycles. The van der Waals surface area contributed by atoms with Crippen molar-refractivity contribution in [2.45, 2.75) is 6.10 Å². The molecule has 1 fully saturated rings. The number of anilines is 1. The lowest BCUT2D eigenvalue weighted by Gasteiger charge is -2.33. The van der Waals surface area contributed by atoms with Crippen LogP contribution in [0.25, 0.3) is 0 Å². The van der Waals surface area contributed by atoms with Gasteiger partial charge in [0.2, 0.25) is 0 Å². The molecule has 8 nitrogen and oxygen atoms in total. The van der Waals surface area contributed by atoms with Crippen molar-refractivity contribution in [2.24, 2.45) is 0 Å². The number of hydrogen-bond acceptors (Lipinski definition) is 6. The van der Waals surface area contributed by atoms with Crippen LogP contribution >= 0.6 is 0 Å². The van der Waals surface area contributed by atoms with Crippen molar-refractivity contribution in [3.05, 3.63) is 63.7 Å². The minimum absolute atomic E-state index is 0.103. The Morgan fingerprint density at radius 3 is 2.84 bits per heavy atom. The quantitative estimate of drug-likeness (QED) is 0.500. The minimum Gasteiger partial charge on any atom is -0.508 e. The molecule has 0 radical (unpaired) electrons. The van der Waals surface area contributed by atoms with Gasteiger partial charge in [-0.05, 0) is 23.8 Å². The van der Waals surface area contributed by atoms with Gasteiger partial charge < -0.3 is 20.5 Å². The van der Waals surface area contributed by atoms with Gasteiger partial charge in [-0.1, -0.05) is 12.1 Å². The average molecular weight is 343 g/mol. The first-order valence-electron chi connectivity index (χ1n) is 7.69. The Bertz CT molecular complexity index is 824. The molecule has 0 aromatic heterocycles. The number of nitro groups is 1. The molecule has 0 spiro atoms. The van der Waals surface area contributed by atoms with Gasteiger partial charge in [0, 0.05) is 24.4 Å². The van der Waals surface area contributed by atoms with E-state index in [4.69, 9.17) is 10.5 Å². The first-order valence-corrected chi connectivity index (χ1v) is 7.69. The zero-order chi connectivity index (χ0) is 18.0. The van der Waals surface area contributed by atoms with Crippen molar-refractivity contribution in [3.8, 4) is 5.75 Å². The number of nitrogens with zero attached hydrogens (tertiary/aromatic N) is 2. The van der Waals surface area contributed by atoms with E-state index in [1.165, 1.54) is 18.2 Å². The summed E-state index contributed by atoms with van der Waals surface area (Å²) in [6.07, 6.45) is -0.385. The first-order chi connectivity index (χ1) is 12.0. The van der Waals surface area contributed by atoms with E-state index in [0.29, 0.717) is 13.2 Å². The summed E-state index contributed by atoms with van der Waals surface area (Å²) in [5.41, 5.74) is 6.69. The summed E-state index contributed by atoms with van der Waals surface area (Å²) in [6, 6.07) is 10.5. The van der Waals surface area contributed by atoms with Gasteiger partial charge >= 0.3 is 0 Å². The molecular formula is C17H17N3O5. The number of nitrogens with two attached hydrogens (primary N) is 1. The third-order valence-electron chi connectivity index (χ3n) is 4.07. The molecule has 8 heteroatoms. The number of amides is 1. The standard InChI is InChI=1S/C17H17N3O5/c18-15-5-4-12(20(23)24)9-14(15)17(22)19-6-7-25-16(10-19)11-2-1-3-13(21)8-11/h1-5,8-9,16,21H,6-7,10,18H2/t16-/m1/s1. The van der Waals surface area contributed by atoms with Crippen LogP contribution in [0.1, 0.15) is 22.0 Å². The molecule has 1 aliphatic heterocycles. The number of non-ortho nitro benzene ring substituents is 1. The zero-order valence-corrected chi connectivity index (χ0v) is 13.3. The molecule has 1 heterocycles. The number of aromatic hydroxyl groups is 1. The first kappa shape index (κ1) is 16.7. The molecule has 2 aromatic rings. The number of carbonyl (C=O) groups excluding carboxylic acids is 1. The fraction of sp³-hybridized carbons (Fsp3) is 0.235. The lowest BCUT2D eigenvalue weighted by molar-refractivity contribution is -0.384. The summed E-state index contributed by atoms with van der Waals surface area (Å²) in [6.45, 7) is 0.946. The maximum absolute atomic E-state index is 12.8. The molecule has 2 aromatic carbocycles. The molecule has 3 rings (SSSR count). The fourth-order valence-corrected chi connectivity index (χ4v) is 2.77. The normalized spacial score (nSPS) is 17.3. The maximum Gasteiger partial charge on any atom is 0.270 e. The second-order valence-electron chi connectivity index (χ2n) is 5.73. The van der Waals surface area contributed by atoms with E-state index in [0.717, 1.165) is 5.56 Å². The van der Waals surface area contributed by atoms with Crippen molar-refractivity contribution >= 4 is 17.3 Å². The second-order valence-corrected chi connectivity index (χ2v) is 5.73. The van der Waals surface area contributed by atoms with Crippen molar-refractivity contribution in [2.75, 3.05) is 25.4 Å². The highest BCUT2D eigenvalue weighted by molar-refractivity contribution is 5.99. The van der Waals surface area contributed by atoms with Gasteiger partial charge in [-0.2, -0.15) is 0 Å². The number of morpholine rings is 1. The van der Waals surface area contributed by atoms with Gasteiger partial charge in [0.25, 0.3) is 11.6 Å². The Morgan fingerprint density at radius 2 is 2.12 bits per heavy atom. The molecule has 1 amide bonds. The molecule has 1 atom stereocenters. The van der Waals surface area contributed by atoms with Gasteiger partial charge in [0.15, 0.2) is 0 Å². The highest BCUT2D eigenvalue weighted by atomic mass is 16.6. The van der Waals surface area contributed by atoms with Gasteiger partial charge in [-0.3, -0.25) is 14.9 Å². The van der Waals surface area contributed by atoms with Crippen molar-refractivity contribution in [1.82, 2.24) is 4.90 Å². The minimum atomic E-state index is -0.564. The van der Waals surface area contributed by atoms with E-state index in [1.54, 1.807) is 29.2 Å². The summed E-state index contributed by atoms with van der Waals surface area (Å²) in [7, 11) is 0. The van der Waals surface area contributed by atoms with Gasteiger partial charge in [0.1, 0.15) is 11.9 Å². The van der Waals surface area contributed by atoms with Gasteiger partial charge in [-0.25, -0.2) is 0 Å². The molecule has 25 heavy (non-hydrogen) atoms. The van der Waals surface area contributed by atoms with E-state index in [-0.39, 0.29) is 41.2 Å². The summed E-state index contributed by atoms with van der Waals surface area (Å²) in [5.74, 6) is -0.262. The van der Waals surface area contributed by atoms with Crippen LogP contribution in [0.15, 0.2) is 42.5 Å². The number of hydrogen-bond donors (Lipinski definition) is 2. The Kier molecular flexibility index (Phi) is 4.53. The van der Waals surface area contributed by atoms with Crippen LogP contribution in [-0.2, 0) is 4.74 Å². The van der Waals surface area contributed by atoms with Crippen LogP contribution < -0.4 is 5.73 Å². The highest BCUT2D eigenvalue weighted by Gasteiger charge is 2.28. The molecular weight excluding hydrogens is 326 g/mol. The average Bonchev–Trinajstić information content (AvgIpc) is 2.61. The molecule has 0 saturated carbocycles. The number of nitrogen functional groups attached to an aromatic ring is 1. The van der Waals surface area contributed by atoms with Crippen LogP contribution in [0.2, 0.25) is 0 Å². The zero-order valence-electron chi connectivity index (χ0n) is 13.3. The number of ether oxygens (including phenoxy) is 1. The van der Waals surface area contributed by atoms with Crippen molar-refractivity contribution < 1.29 is 19.6 Å². The lowest BCUT2D eigenvalue weighted by atomic mass is 10.1. The topological polar surface area (TPSA) is 119 Å². The van der Waals surface area contributed by atoms with E-state index in [9.17, 15) is 20.0 Å². The van der Waals surface area contributed by atoms with Gasteiger partial charge in [-0.15, -0.1) is 0 Å². The fourth-order valence-electron chi connectivity index (χ4n) is 2.77. The maximum atomic E-state index is 12.8. The Hall–Kier alpha value is -3.13. The van der Waals surface area contributed by atoms with E-state index < -0.39 is 4.92 Å². The van der Waals surface area contributed by atoms with Crippen LogP contribution in [0, 0.1) is 10.1 Å². The number of benzene rings is 2. The number of phenolic OH excluding ortho intramolecular Hbond substituents is 1. The third-order valence-corrected chi connectivity index (χ3v) is 4.07. The van der Waals surface area contributed by atoms with Crippen LogP contribution in [0.4, 0.5) is 11.4 Å². The van der Waals surface area contributed by atoms with E-state index in [1.807, 2.05) is 0 Å². The van der Waals surface area contributed by atoms with Crippen LogP contribution in [-0.4, -0.2) is 40.5 Å². The SMILES string of the molecule is Nc1ccc([N+](=O)[O-])cc1C(=O)N1CCO[C@@H](c2cccc(O)c2)C1. The molecule has 0 bridgehead atoms. The predicted molar refractivity (Wildman–Crippen MR) is 90.2 cm³/mol. The summed E-state index contributed by atoms with van der Waals surface area (Å²) < 4.78 is 5.68. The van der Waals surface area contributed by atoms with Gasteiger partial charge in [0.05, 0.1) is 23.6 Å². The monoisotopic (exact) mass is 343 g/mol. The smallest absolute Gasteiger partial charge is 0.270 e. The molecule has 3 N–H and O–H groups in total. The molecule has 1 aliphatic rings. The number of carbonyl (C=O) groups is 1. The Morgan fingerprint density at radius 1 is 1.32 bits per heavy atom. The summed E-state index contributed by atoms with van der Waals surface area (Å²) >= 11 is 0. The summed E-state index contributed by atoms with van der Waals surface area (Å²) in [5, 5.41) is 20.5. The molecule has 0 unspecified atom stereocenters.